The Bertz CT molecular complexity index is 845. The fourth-order valence-corrected chi connectivity index (χ4v) is 3.74. The average Bonchev–Trinajstić information content (AvgIpc) is 2.73. The number of hydrogen-bond acceptors (Lipinski definition) is 3. The van der Waals surface area contributed by atoms with Crippen LogP contribution in [0.25, 0.3) is 0 Å². The molecule has 1 N–H and O–H groups in total. The molecule has 0 spiro atoms. The van der Waals surface area contributed by atoms with Crippen LogP contribution in [0.5, 0.6) is 5.75 Å². The molecular weight excluding hydrogens is 352 g/mol. The molecule has 1 unspecified atom stereocenters. The number of piperidine rings is 1. The van der Waals surface area contributed by atoms with Gasteiger partial charge in [-0.2, -0.15) is 0 Å². The molecule has 1 atom stereocenters. The highest BCUT2D eigenvalue weighted by Gasteiger charge is 2.26. The van der Waals surface area contributed by atoms with Crippen LogP contribution in [0.3, 0.4) is 0 Å². The number of ether oxygens (including phenoxy) is 1. The van der Waals surface area contributed by atoms with Gasteiger partial charge in [0.15, 0.2) is 0 Å². The minimum Gasteiger partial charge on any atom is -0.495 e. The second kappa shape index (κ2) is 8.91. The van der Waals surface area contributed by atoms with Gasteiger partial charge in [0.1, 0.15) is 5.75 Å². The molecule has 1 heterocycles. The number of nitrogens with one attached hydrogen (secondary N) is 1. The number of carbonyl (C=O) groups excluding carboxylic acids is 2. The second-order valence-corrected chi connectivity index (χ2v) is 7.29. The van der Waals surface area contributed by atoms with E-state index in [0.717, 1.165) is 31.4 Å². The van der Waals surface area contributed by atoms with Gasteiger partial charge in [-0.3, -0.25) is 9.59 Å². The van der Waals surface area contributed by atoms with Crippen LogP contribution in [-0.2, 0) is 0 Å². The Kier molecular flexibility index (Phi) is 6.34. The molecule has 1 saturated heterocycles. The lowest BCUT2D eigenvalue weighted by atomic mass is 9.98. The predicted molar refractivity (Wildman–Crippen MR) is 111 cm³/mol. The Morgan fingerprint density at radius 1 is 1.11 bits per heavy atom. The fourth-order valence-electron chi connectivity index (χ4n) is 3.74. The molecule has 2 amide bonds. The van der Waals surface area contributed by atoms with Gasteiger partial charge in [-0.25, -0.2) is 0 Å². The number of benzene rings is 2. The average molecular weight is 380 g/mol. The molecule has 1 aliphatic rings. The van der Waals surface area contributed by atoms with E-state index in [1.54, 1.807) is 31.4 Å². The van der Waals surface area contributed by atoms with Crippen LogP contribution in [0.2, 0.25) is 0 Å². The molecule has 5 nitrogen and oxygen atoms in total. The summed E-state index contributed by atoms with van der Waals surface area (Å²) in [6.07, 6.45) is 4.29. The van der Waals surface area contributed by atoms with Crippen molar-refractivity contribution in [2.75, 3.05) is 19.0 Å². The maximum absolute atomic E-state index is 12.9. The first-order chi connectivity index (χ1) is 13.5. The van der Waals surface area contributed by atoms with Gasteiger partial charge in [0, 0.05) is 23.7 Å². The lowest BCUT2D eigenvalue weighted by Crippen LogP contribution is -2.43. The number of nitrogens with zero attached hydrogens (tertiary/aromatic N) is 1. The van der Waals surface area contributed by atoms with Gasteiger partial charge in [0.05, 0.1) is 12.8 Å². The maximum Gasteiger partial charge on any atom is 0.255 e. The number of hydrogen-bond donors (Lipinski definition) is 1. The Morgan fingerprint density at radius 2 is 1.82 bits per heavy atom. The van der Waals surface area contributed by atoms with E-state index in [0.29, 0.717) is 28.6 Å². The Balaban J connectivity index is 1.72. The topological polar surface area (TPSA) is 58.6 Å². The zero-order chi connectivity index (χ0) is 20.1. The van der Waals surface area contributed by atoms with Crippen molar-refractivity contribution >= 4 is 17.5 Å². The number of methoxy groups -OCH3 is 1. The van der Waals surface area contributed by atoms with Crippen molar-refractivity contribution in [3.63, 3.8) is 0 Å². The summed E-state index contributed by atoms with van der Waals surface area (Å²) in [5.74, 6) is 0.438. The van der Waals surface area contributed by atoms with E-state index in [1.165, 1.54) is 6.42 Å². The third-order valence-electron chi connectivity index (χ3n) is 5.36. The molecule has 2 aromatic carbocycles. The highest BCUT2D eigenvalue weighted by atomic mass is 16.5. The van der Waals surface area contributed by atoms with E-state index < -0.39 is 0 Å². The highest BCUT2D eigenvalue weighted by molar-refractivity contribution is 6.05. The number of rotatable bonds is 5. The summed E-state index contributed by atoms with van der Waals surface area (Å²) in [7, 11) is 1.57. The van der Waals surface area contributed by atoms with Gasteiger partial charge >= 0.3 is 0 Å². The van der Waals surface area contributed by atoms with Crippen molar-refractivity contribution in [3.05, 3.63) is 59.2 Å². The summed E-state index contributed by atoms with van der Waals surface area (Å²) in [5.41, 5.74) is 2.80. The van der Waals surface area contributed by atoms with Crippen molar-refractivity contribution in [3.8, 4) is 5.75 Å². The molecule has 0 radical (unpaired) electrons. The SMILES string of the molecule is CCC1CCCCN1C(=O)c1ccc(C(=O)Nc2cc(C)ccc2OC)cc1. The van der Waals surface area contributed by atoms with Crippen molar-refractivity contribution in [1.82, 2.24) is 4.90 Å². The molecule has 5 heteroatoms. The van der Waals surface area contributed by atoms with Crippen LogP contribution in [0.15, 0.2) is 42.5 Å². The molecule has 2 aromatic rings. The molecule has 1 aliphatic heterocycles. The Morgan fingerprint density at radius 3 is 2.50 bits per heavy atom. The first kappa shape index (κ1) is 19.9. The predicted octanol–water partition coefficient (Wildman–Crippen LogP) is 4.66. The van der Waals surface area contributed by atoms with Crippen LogP contribution < -0.4 is 10.1 Å². The molecule has 0 bridgehead atoms. The monoisotopic (exact) mass is 380 g/mol. The fraction of sp³-hybridized carbons (Fsp3) is 0.391. The third kappa shape index (κ3) is 4.35. The van der Waals surface area contributed by atoms with Crippen molar-refractivity contribution in [2.24, 2.45) is 0 Å². The van der Waals surface area contributed by atoms with E-state index in [4.69, 9.17) is 4.74 Å². The zero-order valence-electron chi connectivity index (χ0n) is 16.8. The lowest BCUT2D eigenvalue weighted by molar-refractivity contribution is 0.0607. The summed E-state index contributed by atoms with van der Waals surface area (Å²) in [5, 5.41) is 2.89. The first-order valence-electron chi connectivity index (χ1n) is 9.90. The minimum atomic E-state index is -0.229. The van der Waals surface area contributed by atoms with Gasteiger partial charge in [-0.1, -0.05) is 13.0 Å². The van der Waals surface area contributed by atoms with Crippen LogP contribution in [0.1, 0.15) is 58.9 Å². The van der Waals surface area contributed by atoms with Crippen LogP contribution in [0.4, 0.5) is 5.69 Å². The molecule has 1 fully saturated rings. The molecule has 0 saturated carbocycles. The van der Waals surface area contributed by atoms with Crippen molar-refractivity contribution in [2.45, 2.75) is 45.6 Å². The van der Waals surface area contributed by atoms with Crippen LogP contribution >= 0.6 is 0 Å². The van der Waals surface area contributed by atoms with E-state index in [1.807, 2.05) is 30.0 Å². The van der Waals surface area contributed by atoms with Crippen LogP contribution in [0, 0.1) is 6.92 Å². The summed E-state index contributed by atoms with van der Waals surface area (Å²) >= 11 is 0. The van der Waals surface area contributed by atoms with Gasteiger partial charge < -0.3 is 15.0 Å². The Labute approximate surface area is 166 Å². The molecule has 3 rings (SSSR count). The summed E-state index contributed by atoms with van der Waals surface area (Å²) in [6.45, 7) is 4.90. The number of aryl methyl sites for hydroxylation is 1. The van der Waals surface area contributed by atoms with Crippen molar-refractivity contribution in [1.29, 1.82) is 0 Å². The third-order valence-corrected chi connectivity index (χ3v) is 5.36. The molecular formula is C23H28N2O3. The molecule has 0 aliphatic carbocycles. The summed E-state index contributed by atoms with van der Waals surface area (Å²) in [4.78, 5) is 27.5. The molecule has 28 heavy (non-hydrogen) atoms. The van der Waals surface area contributed by atoms with E-state index in [2.05, 4.69) is 12.2 Å². The van der Waals surface area contributed by atoms with Gasteiger partial charge in [0.2, 0.25) is 0 Å². The van der Waals surface area contributed by atoms with E-state index in [-0.39, 0.29) is 11.8 Å². The summed E-state index contributed by atoms with van der Waals surface area (Å²) < 4.78 is 5.31. The van der Waals surface area contributed by atoms with Gasteiger partial charge in [-0.05, 0) is 74.6 Å². The number of amides is 2. The summed E-state index contributed by atoms with van der Waals surface area (Å²) in [6, 6.07) is 12.8. The quantitative estimate of drug-likeness (QED) is 0.821. The highest BCUT2D eigenvalue weighted by Crippen LogP contribution is 2.26. The largest absolute Gasteiger partial charge is 0.495 e. The maximum atomic E-state index is 12.9. The Hall–Kier alpha value is -2.82. The molecule has 0 aromatic heterocycles. The lowest BCUT2D eigenvalue weighted by Gasteiger charge is -2.35. The first-order valence-corrected chi connectivity index (χ1v) is 9.90. The van der Waals surface area contributed by atoms with Crippen LogP contribution in [-0.4, -0.2) is 36.4 Å². The minimum absolute atomic E-state index is 0.0545. The number of likely N-dealkylation sites (tertiary alicyclic amines) is 1. The van der Waals surface area contributed by atoms with Crippen molar-refractivity contribution < 1.29 is 14.3 Å². The number of carbonyl (C=O) groups is 2. The standard InChI is InChI=1S/C23H28N2O3/c1-4-19-7-5-6-14-25(19)23(27)18-11-9-17(10-12-18)22(26)24-20-15-16(2)8-13-21(20)28-3/h8-13,15,19H,4-7,14H2,1-3H3,(H,24,26). The smallest absolute Gasteiger partial charge is 0.255 e. The van der Waals surface area contributed by atoms with E-state index >= 15 is 0 Å². The molecule has 148 valence electrons. The van der Waals surface area contributed by atoms with Gasteiger partial charge in [0.25, 0.3) is 11.8 Å². The van der Waals surface area contributed by atoms with E-state index in [9.17, 15) is 9.59 Å². The second-order valence-electron chi connectivity index (χ2n) is 7.29. The normalized spacial score (nSPS) is 16.5. The van der Waals surface area contributed by atoms with Gasteiger partial charge in [-0.15, -0.1) is 0 Å². The zero-order valence-corrected chi connectivity index (χ0v) is 16.8. The number of anilines is 1.